The quantitative estimate of drug-likeness (QED) is 0.876. The molecule has 1 saturated carbocycles. The predicted molar refractivity (Wildman–Crippen MR) is 101 cm³/mol. The lowest BCUT2D eigenvalue weighted by atomic mass is 9.82. The summed E-state index contributed by atoms with van der Waals surface area (Å²) in [5.41, 5.74) is 0.895. The number of likely N-dealkylation sites (N-methyl/N-ethyl adjacent to an activating group) is 1. The van der Waals surface area contributed by atoms with E-state index in [1.54, 1.807) is 0 Å². The number of carbonyl (C=O) groups is 2. The molecule has 2 unspecified atom stereocenters. The molecule has 140 valence electrons. The van der Waals surface area contributed by atoms with Crippen LogP contribution in [0.5, 0.6) is 0 Å². The highest BCUT2D eigenvalue weighted by Crippen LogP contribution is 2.50. The Hall–Kier alpha value is -1.88. The maximum Gasteiger partial charge on any atom is 0.233 e. The van der Waals surface area contributed by atoms with Crippen LogP contribution in [-0.2, 0) is 15.0 Å². The van der Waals surface area contributed by atoms with Crippen LogP contribution < -0.4 is 5.32 Å². The molecule has 2 heterocycles. The fourth-order valence-corrected chi connectivity index (χ4v) is 4.87. The SMILES string of the molecule is CNCCN1C(=O)CCC2CN(C(=O)C3(c4ccccc4)CC3)CCC21. The van der Waals surface area contributed by atoms with E-state index in [9.17, 15) is 9.59 Å². The van der Waals surface area contributed by atoms with Crippen molar-refractivity contribution in [3.63, 3.8) is 0 Å². The van der Waals surface area contributed by atoms with Gasteiger partial charge in [-0.25, -0.2) is 0 Å². The highest BCUT2D eigenvalue weighted by atomic mass is 16.2. The van der Waals surface area contributed by atoms with Crippen LogP contribution in [-0.4, -0.2) is 60.9 Å². The molecule has 5 nitrogen and oxygen atoms in total. The summed E-state index contributed by atoms with van der Waals surface area (Å²) in [5.74, 6) is 1.01. The van der Waals surface area contributed by atoms with Crippen molar-refractivity contribution in [1.82, 2.24) is 15.1 Å². The number of amides is 2. The maximum atomic E-state index is 13.3. The summed E-state index contributed by atoms with van der Waals surface area (Å²) in [6, 6.07) is 10.6. The number of hydrogen-bond donors (Lipinski definition) is 1. The van der Waals surface area contributed by atoms with Gasteiger partial charge < -0.3 is 15.1 Å². The van der Waals surface area contributed by atoms with Crippen molar-refractivity contribution >= 4 is 11.8 Å². The lowest BCUT2D eigenvalue weighted by molar-refractivity contribution is -0.145. The molecular formula is C21H29N3O2. The van der Waals surface area contributed by atoms with Crippen molar-refractivity contribution in [2.75, 3.05) is 33.2 Å². The summed E-state index contributed by atoms with van der Waals surface area (Å²) in [6.45, 7) is 3.19. The first kappa shape index (κ1) is 17.5. The second-order valence-corrected chi connectivity index (χ2v) is 8.04. The molecule has 1 aromatic carbocycles. The van der Waals surface area contributed by atoms with Gasteiger partial charge in [-0.2, -0.15) is 0 Å². The molecule has 3 aliphatic rings. The first-order valence-electron chi connectivity index (χ1n) is 9.95. The third-order valence-corrected chi connectivity index (χ3v) is 6.52. The Balaban J connectivity index is 1.45. The van der Waals surface area contributed by atoms with Crippen molar-refractivity contribution < 1.29 is 9.59 Å². The fourth-order valence-electron chi connectivity index (χ4n) is 4.87. The predicted octanol–water partition coefficient (Wildman–Crippen LogP) is 1.78. The zero-order chi connectivity index (χ0) is 18.1. The molecule has 5 heteroatoms. The lowest BCUT2D eigenvalue weighted by Crippen LogP contribution is -2.58. The van der Waals surface area contributed by atoms with E-state index in [4.69, 9.17) is 0 Å². The molecule has 0 radical (unpaired) electrons. The molecule has 4 rings (SSSR count). The second-order valence-electron chi connectivity index (χ2n) is 8.04. The highest BCUT2D eigenvalue weighted by molar-refractivity contribution is 5.91. The highest BCUT2D eigenvalue weighted by Gasteiger charge is 2.54. The zero-order valence-electron chi connectivity index (χ0n) is 15.6. The number of piperidine rings is 2. The summed E-state index contributed by atoms with van der Waals surface area (Å²) in [4.78, 5) is 29.8. The number of nitrogens with one attached hydrogen (secondary N) is 1. The number of fused-ring (bicyclic) bond motifs is 1. The third-order valence-electron chi connectivity index (χ3n) is 6.52. The molecule has 0 spiro atoms. The van der Waals surface area contributed by atoms with Crippen LogP contribution in [0.15, 0.2) is 30.3 Å². The van der Waals surface area contributed by atoms with Crippen LogP contribution in [0.4, 0.5) is 0 Å². The van der Waals surface area contributed by atoms with Crippen LogP contribution in [0.3, 0.4) is 0 Å². The molecule has 0 bridgehead atoms. The van der Waals surface area contributed by atoms with Crippen molar-refractivity contribution in [3.8, 4) is 0 Å². The average molecular weight is 355 g/mol. The topological polar surface area (TPSA) is 52.7 Å². The fraction of sp³-hybridized carbons (Fsp3) is 0.619. The molecule has 0 aromatic heterocycles. The summed E-state index contributed by atoms with van der Waals surface area (Å²) in [5, 5.41) is 3.15. The summed E-state index contributed by atoms with van der Waals surface area (Å²) in [7, 11) is 1.92. The van der Waals surface area contributed by atoms with Crippen molar-refractivity contribution in [2.45, 2.75) is 43.6 Å². The molecule has 26 heavy (non-hydrogen) atoms. The number of likely N-dealkylation sites (tertiary alicyclic amines) is 2. The van der Waals surface area contributed by atoms with Gasteiger partial charge in [-0.1, -0.05) is 30.3 Å². The van der Waals surface area contributed by atoms with Crippen LogP contribution in [0.2, 0.25) is 0 Å². The van der Waals surface area contributed by atoms with E-state index in [2.05, 4.69) is 27.2 Å². The summed E-state index contributed by atoms with van der Waals surface area (Å²) < 4.78 is 0. The number of nitrogens with zero attached hydrogens (tertiary/aromatic N) is 2. The van der Waals surface area contributed by atoms with E-state index in [1.165, 1.54) is 5.56 Å². The third kappa shape index (κ3) is 3.02. The van der Waals surface area contributed by atoms with E-state index in [0.717, 1.165) is 51.9 Å². The minimum absolute atomic E-state index is 0.273. The largest absolute Gasteiger partial charge is 0.341 e. The van der Waals surface area contributed by atoms with Gasteiger partial charge in [0.1, 0.15) is 0 Å². The molecule has 1 aliphatic carbocycles. The second kappa shape index (κ2) is 7.03. The Morgan fingerprint density at radius 2 is 2.00 bits per heavy atom. The van der Waals surface area contributed by atoms with Gasteiger partial charge in [-0.3, -0.25) is 9.59 Å². The number of rotatable bonds is 5. The summed E-state index contributed by atoms with van der Waals surface area (Å²) >= 11 is 0. The number of carbonyl (C=O) groups excluding carboxylic acids is 2. The molecule has 3 fully saturated rings. The number of benzene rings is 1. The summed E-state index contributed by atoms with van der Waals surface area (Å²) in [6.07, 6.45) is 4.38. The molecule has 2 amide bonds. The standard InChI is InChI=1S/C21H29N3O2/c1-22-12-14-24-18-9-13-23(15-16(18)7-8-19(24)25)20(26)21(10-11-21)17-5-3-2-4-6-17/h2-6,16,18,22H,7-15H2,1H3. The van der Waals surface area contributed by atoms with Crippen molar-refractivity contribution in [1.29, 1.82) is 0 Å². The molecule has 1 N–H and O–H groups in total. The van der Waals surface area contributed by atoms with Crippen molar-refractivity contribution in [2.24, 2.45) is 5.92 Å². The Morgan fingerprint density at radius 3 is 2.69 bits per heavy atom. The van der Waals surface area contributed by atoms with E-state index in [0.29, 0.717) is 24.3 Å². The maximum absolute atomic E-state index is 13.3. The van der Waals surface area contributed by atoms with Gasteiger partial charge in [-0.15, -0.1) is 0 Å². The van der Waals surface area contributed by atoms with E-state index in [1.807, 2.05) is 25.2 Å². The minimum atomic E-state index is -0.273. The van der Waals surface area contributed by atoms with Gasteiger partial charge in [0.05, 0.1) is 5.41 Å². The zero-order valence-corrected chi connectivity index (χ0v) is 15.6. The molecule has 1 aromatic rings. The normalized spacial score (nSPS) is 27.2. The Kier molecular flexibility index (Phi) is 4.74. The monoisotopic (exact) mass is 355 g/mol. The Labute approximate surface area is 155 Å². The van der Waals surface area contributed by atoms with Gasteiger partial charge in [0, 0.05) is 38.6 Å². The smallest absolute Gasteiger partial charge is 0.233 e. The molecule has 2 atom stereocenters. The van der Waals surface area contributed by atoms with Gasteiger partial charge in [0.25, 0.3) is 0 Å². The van der Waals surface area contributed by atoms with Crippen LogP contribution in [0.25, 0.3) is 0 Å². The van der Waals surface area contributed by atoms with Crippen molar-refractivity contribution in [3.05, 3.63) is 35.9 Å². The lowest BCUT2D eigenvalue weighted by Gasteiger charge is -2.47. The molecule has 2 aliphatic heterocycles. The van der Waals surface area contributed by atoms with Crippen LogP contribution in [0.1, 0.15) is 37.7 Å². The van der Waals surface area contributed by atoms with Gasteiger partial charge in [0.2, 0.25) is 11.8 Å². The van der Waals surface area contributed by atoms with E-state index < -0.39 is 0 Å². The van der Waals surface area contributed by atoms with E-state index >= 15 is 0 Å². The van der Waals surface area contributed by atoms with Gasteiger partial charge >= 0.3 is 0 Å². The van der Waals surface area contributed by atoms with Crippen LogP contribution in [0, 0.1) is 5.92 Å². The Morgan fingerprint density at radius 1 is 1.23 bits per heavy atom. The van der Waals surface area contributed by atoms with E-state index in [-0.39, 0.29) is 11.3 Å². The molecular weight excluding hydrogens is 326 g/mol. The van der Waals surface area contributed by atoms with Crippen LogP contribution >= 0.6 is 0 Å². The average Bonchev–Trinajstić information content (AvgIpc) is 3.49. The minimum Gasteiger partial charge on any atom is -0.341 e. The Bertz CT molecular complexity index is 671. The number of hydrogen-bond acceptors (Lipinski definition) is 3. The first-order chi connectivity index (χ1) is 12.7. The molecule has 2 saturated heterocycles. The van der Waals surface area contributed by atoms with Gasteiger partial charge in [-0.05, 0) is 44.2 Å². The first-order valence-corrected chi connectivity index (χ1v) is 9.95. The van der Waals surface area contributed by atoms with Gasteiger partial charge in [0.15, 0.2) is 0 Å².